The van der Waals surface area contributed by atoms with Gasteiger partial charge in [0.25, 0.3) is 0 Å². The Labute approximate surface area is 182 Å². The van der Waals surface area contributed by atoms with Crippen LogP contribution in [0.25, 0.3) is 0 Å². The number of aliphatic hydroxyl groups excluding tert-OH is 1. The first-order valence-corrected chi connectivity index (χ1v) is 10.7. The van der Waals surface area contributed by atoms with Crippen molar-refractivity contribution in [3.8, 4) is 5.75 Å². The Morgan fingerprint density at radius 3 is 2.07 bits per heavy atom. The predicted octanol–water partition coefficient (Wildman–Crippen LogP) is 3.57. The van der Waals surface area contributed by atoms with Crippen molar-refractivity contribution in [2.45, 2.75) is 12.6 Å². The third kappa shape index (κ3) is 8.13. The Kier molecular flexibility index (Phi) is 9.05. The molecule has 1 aliphatic rings. The number of hydrogen-bond donors (Lipinski definition) is 1. The van der Waals surface area contributed by atoms with Crippen LogP contribution in [-0.4, -0.2) is 73.6 Å². The summed E-state index contributed by atoms with van der Waals surface area (Å²) in [5, 5.41) is 11.7. The van der Waals surface area contributed by atoms with E-state index < -0.39 is 6.10 Å². The fraction of sp³-hybridized carbons (Fsp3) is 0.455. The standard InChI is InChI=1S/C22H28Cl2N2O3/c23-19-3-1-18(2-4-19)15-25-9-11-26(12-10-25)16-21(27)17-28-13-14-29-22-7-5-20(24)6-8-22/h1-8,21,27H,9-17H2/t21-/m1/s1. The van der Waals surface area contributed by atoms with Gasteiger partial charge in [-0.1, -0.05) is 35.3 Å². The lowest BCUT2D eigenvalue weighted by molar-refractivity contribution is -0.000435. The molecule has 0 aliphatic carbocycles. The first-order valence-electron chi connectivity index (χ1n) is 9.92. The van der Waals surface area contributed by atoms with Gasteiger partial charge in [-0.25, -0.2) is 0 Å². The van der Waals surface area contributed by atoms with E-state index in [1.165, 1.54) is 5.56 Å². The van der Waals surface area contributed by atoms with Gasteiger partial charge in [0.15, 0.2) is 0 Å². The van der Waals surface area contributed by atoms with Gasteiger partial charge in [-0.15, -0.1) is 0 Å². The normalized spacial score (nSPS) is 16.7. The maximum absolute atomic E-state index is 10.2. The Morgan fingerprint density at radius 2 is 1.41 bits per heavy atom. The van der Waals surface area contributed by atoms with Crippen LogP contribution in [0.5, 0.6) is 5.75 Å². The summed E-state index contributed by atoms with van der Waals surface area (Å²) in [6, 6.07) is 15.2. The molecule has 0 unspecified atom stereocenters. The molecule has 0 spiro atoms. The Balaban J connectivity index is 1.25. The minimum Gasteiger partial charge on any atom is -0.491 e. The fourth-order valence-electron chi connectivity index (χ4n) is 3.30. The SMILES string of the molecule is O[C@@H](COCCOc1ccc(Cl)cc1)CN1CCN(Cc2ccc(Cl)cc2)CC1. The zero-order valence-corrected chi connectivity index (χ0v) is 18.0. The number of aliphatic hydroxyl groups is 1. The highest BCUT2D eigenvalue weighted by Crippen LogP contribution is 2.15. The molecule has 0 saturated carbocycles. The minimum absolute atomic E-state index is 0.314. The van der Waals surface area contributed by atoms with E-state index in [0.717, 1.165) is 43.5 Å². The lowest BCUT2D eigenvalue weighted by Crippen LogP contribution is -2.48. The maximum atomic E-state index is 10.2. The number of rotatable bonds is 10. The van der Waals surface area contributed by atoms with Gasteiger partial charge >= 0.3 is 0 Å². The average molecular weight is 439 g/mol. The van der Waals surface area contributed by atoms with Crippen LogP contribution in [-0.2, 0) is 11.3 Å². The molecular weight excluding hydrogens is 411 g/mol. The number of β-amino-alcohol motifs (C(OH)–C–C–N with tert-alkyl or cyclic N) is 1. The van der Waals surface area contributed by atoms with Crippen molar-refractivity contribution in [3.05, 3.63) is 64.1 Å². The van der Waals surface area contributed by atoms with E-state index in [9.17, 15) is 5.11 Å². The molecule has 7 heteroatoms. The average Bonchev–Trinajstić information content (AvgIpc) is 2.72. The maximum Gasteiger partial charge on any atom is 0.119 e. The van der Waals surface area contributed by atoms with Crippen LogP contribution in [0, 0.1) is 0 Å². The molecular formula is C22H28Cl2N2O3. The second kappa shape index (κ2) is 11.7. The van der Waals surface area contributed by atoms with Crippen LogP contribution in [0.3, 0.4) is 0 Å². The summed E-state index contributed by atoms with van der Waals surface area (Å²) in [4.78, 5) is 4.72. The van der Waals surface area contributed by atoms with Gasteiger partial charge in [0.2, 0.25) is 0 Å². The molecule has 1 atom stereocenters. The fourth-order valence-corrected chi connectivity index (χ4v) is 3.55. The molecule has 158 valence electrons. The third-order valence-electron chi connectivity index (χ3n) is 4.87. The van der Waals surface area contributed by atoms with E-state index in [0.29, 0.717) is 31.4 Å². The largest absolute Gasteiger partial charge is 0.491 e. The number of hydrogen-bond acceptors (Lipinski definition) is 5. The number of halogens is 2. The number of benzene rings is 2. The van der Waals surface area contributed by atoms with Crippen molar-refractivity contribution < 1.29 is 14.6 Å². The van der Waals surface area contributed by atoms with Crippen molar-refractivity contribution in [3.63, 3.8) is 0 Å². The minimum atomic E-state index is -0.492. The molecule has 0 amide bonds. The molecule has 1 aliphatic heterocycles. The molecule has 1 heterocycles. The van der Waals surface area contributed by atoms with Crippen molar-refractivity contribution >= 4 is 23.2 Å². The van der Waals surface area contributed by atoms with Crippen LogP contribution in [0.15, 0.2) is 48.5 Å². The van der Waals surface area contributed by atoms with Gasteiger partial charge in [0.1, 0.15) is 12.4 Å². The van der Waals surface area contributed by atoms with E-state index in [1.807, 2.05) is 24.3 Å². The van der Waals surface area contributed by atoms with E-state index in [4.69, 9.17) is 32.7 Å². The van der Waals surface area contributed by atoms with E-state index in [2.05, 4.69) is 21.9 Å². The van der Waals surface area contributed by atoms with Crippen LogP contribution < -0.4 is 4.74 Å². The molecule has 0 radical (unpaired) electrons. The van der Waals surface area contributed by atoms with Gasteiger partial charge in [0, 0.05) is 49.3 Å². The lowest BCUT2D eigenvalue weighted by Gasteiger charge is -2.35. The number of nitrogens with zero attached hydrogens (tertiary/aromatic N) is 2. The summed E-state index contributed by atoms with van der Waals surface area (Å²) in [6.45, 7) is 6.64. The monoisotopic (exact) mass is 438 g/mol. The van der Waals surface area contributed by atoms with Crippen LogP contribution in [0.2, 0.25) is 10.0 Å². The lowest BCUT2D eigenvalue weighted by atomic mass is 10.2. The van der Waals surface area contributed by atoms with Crippen LogP contribution in [0.4, 0.5) is 0 Å². The van der Waals surface area contributed by atoms with E-state index in [1.54, 1.807) is 12.1 Å². The molecule has 3 rings (SSSR count). The molecule has 0 bridgehead atoms. The highest BCUT2D eigenvalue weighted by atomic mass is 35.5. The van der Waals surface area contributed by atoms with Crippen molar-refractivity contribution in [1.29, 1.82) is 0 Å². The van der Waals surface area contributed by atoms with Gasteiger partial charge < -0.3 is 14.6 Å². The predicted molar refractivity (Wildman–Crippen MR) is 117 cm³/mol. The van der Waals surface area contributed by atoms with Crippen molar-refractivity contribution in [2.75, 3.05) is 52.5 Å². The first-order chi connectivity index (χ1) is 14.1. The zero-order valence-electron chi connectivity index (χ0n) is 16.5. The first kappa shape index (κ1) is 22.3. The molecule has 1 N–H and O–H groups in total. The second-order valence-corrected chi connectivity index (χ2v) is 8.11. The van der Waals surface area contributed by atoms with E-state index >= 15 is 0 Å². The summed E-state index contributed by atoms with van der Waals surface area (Å²) < 4.78 is 11.1. The number of piperazine rings is 1. The topological polar surface area (TPSA) is 45.2 Å². The summed E-state index contributed by atoms with van der Waals surface area (Å²) in [6.07, 6.45) is -0.492. The summed E-state index contributed by atoms with van der Waals surface area (Å²) >= 11 is 11.8. The van der Waals surface area contributed by atoms with Gasteiger partial charge in [-0.3, -0.25) is 9.80 Å². The highest BCUT2D eigenvalue weighted by molar-refractivity contribution is 6.30. The summed E-state index contributed by atoms with van der Waals surface area (Å²) in [5.41, 5.74) is 1.28. The van der Waals surface area contributed by atoms with Crippen molar-refractivity contribution in [1.82, 2.24) is 9.80 Å². The van der Waals surface area contributed by atoms with E-state index in [-0.39, 0.29) is 0 Å². The van der Waals surface area contributed by atoms with Gasteiger partial charge in [0.05, 0.1) is 19.3 Å². The summed E-state index contributed by atoms with van der Waals surface area (Å²) in [5.74, 6) is 0.759. The smallest absolute Gasteiger partial charge is 0.119 e. The second-order valence-electron chi connectivity index (χ2n) is 7.23. The molecule has 5 nitrogen and oxygen atoms in total. The number of ether oxygens (including phenoxy) is 2. The van der Waals surface area contributed by atoms with Gasteiger partial charge in [-0.05, 0) is 42.0 Å². The molecule has 1 saturated heterocycles. The molecule has 29 heavy (non-hydrogen) atoms. The third-order valence-corrected chi connectivity index (χ3v) is 5.38. The Hall–Kier alpha value is -1.34. The van der Waals surface area contributed by atoms with Crippen molar-refractivity contribution in [2.24, 2.45) is 0 Å². The quantitative estimate of drug-likeness (QED) is 0.574. The zero-order chi connectivity index (χ0) is 20.5. The Morgan fingerprint density at radius 1 is 0.828 bits per heavy atom. The van der Waals surface area contributed by atoms with Crippen LogP contribution in [0.1, 0.15) is 5.56 Å². The molecule has 2 aromatic rings. The molecule has 0 aromatic heterocycles. The summed E-state index contributed by atoms with van der Waals surface area (Å²) in [7, 11) is 0. The van der Waals surface area contributed by atoms with Gasteiger partial charge in [-0.2, -0.15) is 0 Å². The highest BCUT2D eigenvalue weighted by Gasteiger charge is 2.19. The molecule has 2 aromatic carbocycles. The van der Waals surface area contributed by atoms with Crippen LogP contribution >= 0.6 is 23.2 Å². The Bertz CT molecular complexity index is 720. The molecule has 1 fully saturated rings.